The summed E-state index contributed by atoms with van der Waals surface area (Å²) < 4.78 is 10.3. The van der Waals surface area contributed by atoms with Gasteiger partial charge in [0.1, 0.15) is 12.7 Å². The van der Waals surface area contributed by atoms with Crippen molar-refractivity contribution in [3.63, 3.8) is 0 Å². The van der Waals surface area contributed by atoms with E-state index in [1.165, 1.54) is 0 Å². The third kappa shape index (κ3) is 5.05. The number of benzene rings is 1. The Hall–Kier alpha value is -1.92. The van der Waals surface area contributed by atoms with E-state index in [0.29, 0.717) is 25.4 Å². The van der Waals surface area contributed by atoms with Crippen molar-refractivity contribution in [3.8, 4) is 0 Å². The van der Waals surface area contributed by atoms with Crippen LogP contribution in [0.4, 0.5) is 4.79 Å². The van der Waals surface area contributed by atoms with Gasteiger partial charge in [0.25, 0.3) is 0 Å². The highest BCUT2D eigenvalue weighted by Crippen LogP contribution is 2.45. The van der Waals surface area contributed by atoms with Crippen molar-refractivity contribution in [1.29, 1.82) is 0 Å². The van der Waals surface area contributed by atoms with E-state index < -0.39 is 18.2 Å². The summed E-state index contributed by atoms with van der Waals surface area (Å²) in [5.74, 6) is 0.131. The van der Waals surface area contributed by atoms with Crippen LogP contribution in [-0.2, 0) is 20.9 Å². The second kappa shape index (κ2) is 8.18. The van der Waals surface area contributed by atoms with Crippen LogP contribution in [0.15, 0.2) is 30.3 Å². The first-order valence-electron chi connectivity index (χ1n) is 9.26. The topological polar surface area (TPSA) is 88.2 Å². The Labute approximate surface area is 153 Å². The Morgan fingerprint density at radius 1 is 1.31 bits per heavy atom. The molecular weight excluding hydrogens is 334 g/mol. The molecular formula is C20H27NO5. The molecule has 142 valence electrons. The molecule has 0 spiro atoms. The number of ether oxygens (including phenoxy) is 2. The van der Waals surface area contributed by atoms with Crippen molar-refractivity contribution >= 4 is 11.9 Å². The fourth-order valence-corrected chi connectivity index (χ4v) is 3.38. The lowest BCUT2D eigenvalue weighted by Crippen LogP contribution is -2.45. The predicted molar refractivity (Wildman–Crippen MR) is 95.4 cm³/mol. The van der Waals surface area contributed by atoms with Gasteiger partial charge in [0, 0.05) is 5.92 Å². The van der Waals surface area contributed by atoms with Gasteiger partial charge in [-0.05, 0) is 30.2 Å². The van der Waals surface area contributed by atoms with E-state index in [1.54, 1.807) is 0 Å². The Morgan fingerprint density at radius 2 is 2.00 bits per heavy atom. The zero-order chi connectivity index (χ0) is 18.7. The van der Waals surface area contributed by atoms with Crippen LogP contribution in [0.3, 0.4) is 0 Å². The van der Waals surface area contributed by atoms with Crippen molar-refractivity contribution in [3.05, 3.63) is 35.9 Å². The summed E-state index contributed by atoms with van der Waals surface area (Å²) >= 11 is 0. The molecule has 6 nitrogen and oxygen atoms in total. The molecule has 4 unspecified atom stereocenters. The van der Waals surface area contributed by atoms with Gasteiger partial charge in [0.15, 0.2) is 5.78 Å². The molecule has 0 radical (unpaired) electrons. The average Bonchev–Trinajstić information content (AvgIpc) is 3.51. The number of hydrogen-bond acceptors (Lipinski definition) is 5. The summed E-state index contributed by atoms with van der Waals surface area (Å²) in [4.78, 5) is 24.2. The molecule has 1 heterocycles. The maximum absolute atomic E-state index is 12.2. The molecule has 6 heteroatoms. The van der Waals surface area contributed by atoms with Gasteiger partial charge in [-0.15, -0.1) is 0 Å². The van der Waals surface area contributed by atoms with Crippen LogP contribution < -0.4 is 5.32 Å². The zero-order valence-electron chi connectivity index (χ0n) is 15.3. The van der Waals surface area contributed by atoms with Gasteiger partial charge >= 0.3 is 6.09 Å². The molecule has 2 fully saturated rings. The summed E-state index contributed by atoms with van der Waals surface area (Å²) in [6, 6.07) is 9.01. The number of nitrogens with one attached hydrogen (secondary N) is 1. The van der Waals surface area contributed by atoms with Gasteiger partial charge in [-0.3, -0.25) is 4.79 Å². The molecule has 2 N–H and O–H groups in total. The third-order valence-corrected chi connectivity index (χ3v) is 4.95. The lowest BCUT2D eigenvalue weighted by atomic mass is 9.95. The summed E-state index contributed by atoms with van der Waals surface area (Å²) in [5, 5.41) is 13.5. The van der Waals surface area contributed by atoms with E-state index in [4.69, 9.17) is 9.47 Å². The zero-order valence-corrected chi connectivity index (χ0v) is 15.3. The number of rotatable bonds is 9. The van der Waals surface area contributed by atoms with Crippen LogP contribution in [-0.4, -0.2) is 41.8 Å². The minimum absolute atomic E-state index is 0.0870. The molecule has 1 aliphatic carbocycles. The van der Waals surface area contributed by atoms with Gasteiger partial charge in [-0.25, -0.2) is 4.79 Å². The smallest absolute Gasteiger partial charge is 0.407 e. The number of amides is 1. The SMILES string of the molecule is CC(C)C[C@H](NC(=O)OCc1ccccc1)C(O)C1CC1C(=O)C1CO1. The fourth-order valence-electron chi connectivity index (χ4n) is 3.38. The number of Topliss-reactive ketones (excluding diaryl/α,β-unsaturated/α-hetero) is 1. The normalized spacial score (nSPS) is 26.1. The Kier molecular flexibility index (Phi) is 5.94. The molecule has 1 aromatic carbocycles. The Balaban J connectivity index is 1.52. The number of aliphatic hydroxyl groups is 1. The number of hydrogen-bond donors (Lipinski definition) is 2. The molecule has 0 aromatic heterocycles. The van der Waals surface area contributed by atoms with Crippen LogP contribution in [0.5, 0.6) is 0 Å². The van der Waals surface area contributed by atoms with Crippen LogP contribution in [0.25, 0.3) is 0 Å². The minimum atomic E-state index is -0.755. The molecule has 0 bridgehead atoms. The maximum atomic E-state index is 12.2. The lowest BCUT2D eigenvalue weighted by molar-refractivity contribution is -0.122. The van der Waals surface area contributed by atoms with Crippen LogP contribution in [0.2, 0.25) is 0 Å². The standard InChI is InChI=1S/C20H27NO5/c1-12(2)8-16(18(22)14-9-15(14)19(23)17-11-25-17)21-20(24)26-10-13-6-4-3-5-7-13/h3-7,12,14-18,22H,8-11H2,1-2H3,(H,21,24)/t14?,15?,16-,17?,18?/m0/s1. The summed E-state index contributed by atoms with van der Waals surface area (Å²) in [5.41, 5.74) is 0.904. The van der Waals surface area contributed by atoms with Gasteiger partial charge in [-0.1, -0.05) is 44.2 Å². The van der Waals surface area contributed by atoms with E-state index in [9.17, 15) is 14.7 Å². The predicted octanol–water partition coefficient (Wildman–Crippen LogP) is 2.29. The second-order valence-electron chi connectivity index (χ2n) is 7.66. The summed E-state index contributed by atoms with van der Waals surface area (Å²) in [6.45, 7) is 4.74. The van der Waals surface area contributed by atoms with E-state index >= 15 is 0 Å². The van der Waals surface area contributed by atoms with E-state index in [0.717, 1.165) is 5.56 Å². The highest BCUT2D eigenvalue weighted by Gasteiger charge is 2.53. The molecule has 1 aliphatic heterocycles. The maximum Gasteiger partial charge on any atom is 0.407 e. The lowest BCUT2D eigenvalue weighted by Gasteiger charge is -2.25. The van der Waals surface area contributed by atoms with E-state index in [-0.39, 0.29) is 30.3 Å². The molecule has 1 saturated carbocycles. The first kappa shape index (κ1) is 18.9. The second-order valence-corrected chi connectivity index (χ2v) is 7.66. The molecule has 2 aliphatic rings. The van der Waals surface area contributed by atoms with Crippen molar-refractivity contribution < 1.29 is 24.2 Å². The largest absolute Gasteiger partial charge is 0.445 e. The quantitative estimate of drug-likeness (QED) is 0.659. The monoisotopic (exact) mass is 361 g/mol. The van der Waals surface area contributed by atoms with Crippen molar-refractivity contribution in [2.45, 2.75) is 51.5 Å². The Morgan fingerprint density at radius 3 is 2.62 bits per heavy atom. The number of epoxide rings is 1. The van der Waals surface area contributed by atoms with Crippen LogP contribution in [0, 0.1) is 17.8 Å². The summed E-state index contributed by atoms with van der Waals surface area (Å²) in [7, 11) is 0. The number of ketones is 1. The molecule has 1 saturated heterocycles. The molecule has 1 amide bonds. The summed E-state index contributed by atoms with van der Waals surface area (Å²) in [6.07, 6.45) is -0.291. The highest BCUT2D eigenvalue weighted by atomic mass is 16.6. The third-order valence-electron chi connectivity index (χ3n) is 4.95. The molecule has 3 rings (SSSR count). The number of aliphatic hydroxyl groups excluding tert-OH is 1. The first-order chi connectivity index (χ1) is 12.5. The van der Waals surface area contributed by atoms with E-state index in [2.05, 4.69) is 5.32 Å². The molecule has 26 heavy (non-hydrogen) atoms. The van der Waals surface area contributed by atoms with Crippen LogP contribution >= 0.6 is 0 Å². The van der Waals surface area contributed by atoms with Crippen molar-refractivity contribution in [1.82, 2.24) is 5.32 Å². The number of alkyl carbamates (subject to hydrolysis) is 1. The number of carbonyl (C=O) groups is 2. The Bertz CT molecular complexity index is 628. The average molecular weight is 361 g/mol. The van der Waals surface area contributed by atoms with Crippen molar-refractivity contribution in [2.24, 2.45) is 17.8 Å². The first-order valence-corrected chi connectivity index (χ1v) is 9.26. The van der Waals surface area contributed by atoms with Crippen LogP contribution in [0.1, 0.15) is 32.3 Å². The van der Waals surface area contributed by atoms with E-state index in [1.807, 2.05) is 44.2 Å². The van der Waals surface area contributed by atoms with Gasteiger partial charge in [0.2, 0.25) is 0 Å². The molecule has 5 atom stereocenters. The van der Waals surface area contributed by atoms with Crippen molar-refractivity contribution in [2.75, 3.05) is 6.61 Å². The highest BCUT2D eigenvalue weighted by molar-refractivity contribution is 5.89. The fraction of sp³-hybridized carbons (Fsp3) is 0.600. The number of carbonyl (C=O) groups excluding carboxylic acids is 2. The molecule has 1 aromatic rings. The van der Waals surface area contributed by atoms with Gasteiger partial charge in [-0.2, -0.15) is 0 Å². The minimum Gasteiger partial charge on any atom is -0.445 e. The van der Waals surface area contributed by atoms with Gasteiger partial charge in [0.05, 0.1) is 18.8 Å². The van der Waals surface area contributed by atoms with Gasteiger partial charge < -0.3 is 19.9 Å².